The molecule has 92 valence electrons. The van der Waals surface area contributed by atoms with E-state index < -0.39 is 11.5 Å². The number of carboxylic acid groups (broad SMARTS) is 1. The summed E-state index contributed by atoms with van der Waals surface area (Å²) in [6, 6.07) is 0. The molecule has 0 bridgehead atoms. The Morgan fingerprint density at radius 1 is 1.50 bits per heavy atom. The Morgan fingerprint density at radius 2 is 2.06 bits per heavy atom. The van der Waals surface area contributed by atoms with Crippen molar-refractivity contribution in [2.24, 2.45) is 5.92 Å². The van der Waals surface area contributed by atoms with Gasteiger partial charge < -0.3 is 14.7 Å². The lowest BCUT2D eigenvalue weighted by Crippen LogP contribution is -2.51. The van der Waals surface area contributed by atoms with E-state index in [0.717, 1.165) is 0 Å². The smallest absolute Gasteiger partial charge is 0.329 e. The van der Waals surface area contributed by atoms with Gasteiger partial charge in [-0.05, 0) is 27.2 Å². The van der Waals surface area contributed by atoms with Crippen molar-refractivity contribution in [3.05, 3.63) is 0 Å². The summed E-state index contributed by atoms with van der Waals surface area (Å²) in [4.78, 5) is 24.2. The Hall–Kier alpha value is -1.10. The second kappa shape index (κ2) is 4.41. The third kappa shape index (κ3) is 2.35. The number of amides is 1. The number of carboxylic acids is 1. The Morgan fingerprint density at radius 3 is 2.50 bits per heavy atom. The van der Waals surface area contributed by atoms with Crippen LogP contribution >= 0.6 is 0 Å². The van der Waals surface area contributed by atoms with Crippen LogP contribution in [0.2, 0.25) is 0 Å². The lowest BCUT2D eigenvalue weighted by molar-refractivity contribution is -0.156. The third-order valence-electron chi connectivity index (χ3n) is 3.12. The topological polar surface area (TPSA) is 66.8 Å². The number of hydrogen-bond donors (Lipinski definition) is 1. The van der Waals surface area contributed by atoms with Gasteiger partial charge in [0.2, 0.25) is 5.91 Å². The molecule has 1 rings (SSSR count). The molecule has 5 nitrogen and oxygen atoms in total. The molecule has 16 heavy (non-hydrogen) atoms. The molecule has 0 aromatic heterocycles. The summed E-state index contributed by atoms with van der Waals surface area (Å²) in [5.41, 5.74) is -1.17. The molecule has 0 saturated heterocycles. The first kappa shape index (κ1) is 13.0. The molecule has 1 aliphatic rings. The van der Waals surface area contributed by atoms with Crippen LogP contribution in [0.5, 0.6) is 0 Å². The van der Waals surface area contributed by atoms with Gasteiger partial charge in [-0.3, -0.25) is 4.79 Å². The van der Waals surface area contributed by atoms with Crippen molar-refractivity contribution >= 4 is 11.9 Å². The molecule has 0 aliphatic heterocycles. The Kier molecular flexibility index (Phi) is 3.57. The molecule has 1 amide bonds. The van der Waals surface area contributed by atoms with Crippen molar-refractivity contribution < 1.29 is 19.4 Å². The number of ether oxygens (including phenoxy) is 1. The van der Waals surface area contributed by atoms with Gasteiger partial charge in [0.25, 0.3) is 0 Å². The molecular formula is C11H19NO4. The van der Waals surface area contributed by atoms with Crippen LogP contribution in [0.4, 0.5) is 0 Å². The van der Waals surface area contributed by atoms with Crippen LogP contribution < -0.4 is 0 Å². The first-order valence-corrected chi connectivity index (χ1v) is 5.45. The quantitative estimate of drug-likeness (QED) is 0.754. The molecule has 1 fully saturated rings. The maximum Gasteiger partial charge on any atom is 0.329 e. The van der Waals surface area contributed by atoms with Crippen LogP contribution in [0.3, 0.4) is 0 Å². The SMILES string of the molecule is CCOC1CC1C(=O)N(C)C(C)(C)C(=O)O. The summed E-state index contributed by atoms with van der Waals surface area (Å²) in [5, 5.41) is 9.01. The van der Waals surface area contributed by atoms with Crippen molar-refractivity contribution in [3.63, 3.8) is 0 Å². The molecule has 1 aliphatic carbocycles. The van der Waals surface area contributed by atoms with Crippen molar-refractivity contribution in [1.29, 1.82) is 0 Å². The Bertz CT molecular complexity index is 300. The van der Waals surface area contributed by atoms with E-state index in [2.05, 4.69) is 0 Å². The second-order valence-electron chi connectivity index (χ2n) is 4.60. The molecular weight excluding hydrogens is 210 g/mol. The van der Waals surface area contributed by atoms with Crippen molar-refractivity contribution in [1.82, 2.24) is 4.90 Å². The minimum Gasteiger partial charge on any atom is -0.480 e. The highest BCUT2D eigenvalue weighted by Crippen LogP contribution is 2.36. The van der Waals surface area contributed by atoms with E-state index in [1.165, 1.54) is 25.8 Å². The standard InChI is InChI=1S/C11H19NO4/c1-5-16-8-6-7(8)9(13)12(4)11(2,3)10(14)15/h7-8H,5-6H2,1-4H3,(H,14,15). The van der Waals surface area contributed by atoms with Gasteiger partial charge in [-0.15, -0.1) is 0 Å². The summed E-state index contributed by atoms with van der Waals surface area (Å²) >= 11 is 0. The fourth-order valence-corrected chi connectivity index (χ4v) is 1.50. The van der Waals surface area contributed by atoms with Gasteiger partial charge in [0.1, 0.15) is 5.54 Å². The monoisotopic (exact) mass is 229 g/mol. The lowest BCUT2D eigenvalue weighted by atomic mass is 10.0. The van der Waals surface area contributed by atoms with E-state index in [0.29, 0.717) is 13.0 Å². The predicted molar refractivity (Wildman–Crippen MR) is 58.0 cm³/mol. The highest BCUT2D eigenvalue weighted by Gasteiger charge is 2.48. The molecule has 0 aromatic carbocycles. The van der Waals surface area contributed by atoms with E-state index in [4.69, 9.17) is 9.84 Å². The molecule has 0 heterocycles. The zero-order valence-corrected chi connectivity index (χ0v) is 10.2. The Balaban J connectivity index is 2.59. The maximum atomic E-state index is 11.9. The molecule has 1 N–H and O–H groups in total. The fourth-order valence-electron chi connectivity index (χ4n) is 1.50. The lowest BCUT2D eigenvalue weighted by Gasteiger charge is -2.31. The highest BCUT2D eigenvalue weighted by atomic mass is 16.5. The van der Waals surface area contributed by atoms with Gasteiger partial charge in [0, 0.05) is 13.7 Å². The van der Waals surface area contributed by atoms with E-state index >= 15 is 0 Å². The number of aliphatic carboxylic acids is 1. The van der Waals surface area contributed by atoms with Gasteiger partial charge in [-0.25, -0.2) is 4.79 Å². The molecule has 2 unspecified atom stereocenters. The minimum absolute atomic E-state index is 0.0236. The van der Waals surface area contributed by atoms with Gasteiger partial charge in [0.05, 0.1) is 12.0 Å². The van der Waals surface area contributed by atoms with Gasteiger partial charge in [-0.2, -0.15) is 0 Å². The van der Waals surface area contributed by atoms with E-state index in [1.54, 1.807) is 0 Å². The average molecular weight is 229 g/mol. The van der Waals surface area contributed by atoms with Crippen LogP contribution in [-0.2, 0) is 14.3 Å². The first-order valence-electron chi connectivity index (χ1n) is 5.45. The zero-order chi connectivity index (χ0) is 12.5. The summed E-state index contributed by atoms with van der Waals surface area (Å²) in [6.45, 7) is 5.50. The normalized spacial score (nSPS) is 24.0. The predicted octanol–water partition coefficient (Wildman–Crippen LogP) is 0.733. The highest BCUT2D eigenvalue weighted by molar-refractivity contribution is 5.89. The van der Waals surface area contributed by atoms with Crippen molar-refractivity contribution in [3.8, 4) is 0 Å². The summed E-state index contributed by atoms with van der Waals surface area (Å²) < 4.78 is 5.31. The second-order valence-corrected chi connectivity index (χ2v) is 4.60. The molecule has 0 aromatic rings. The number of rotatable bonds is 5. The van der Waals surface area contributed by atoms with Crippen LogP contribution in [0.25, 0.3) is 0 Å². The molecule has 1 saturated carbocycles. The van der Waals surface area contributed by atoms with Crippen molar-refractivity contribution in [2.45, 2.75) is 38.8 Å². The number of hydrogen-bond acceptors (Lipinski definition) is 3. The summed E-state index contributed by atoms with van der Waals surface area (Å²) in [5.74, 6) is -1.31. The molecule has 0 radical (unpaired) electrons. The van der Waals surface area contributed by atoms with E-state index in [1.807, 2.05) is 6.92 Å². The van der Waals surface area contributed by atoms with Crippen LogP contribution in [0.15, 0.2) is 0 Å². The molecule has 2 atom stereocenters. The minimum atomic E-state index is -1.17. The molecule has 5 heteroatoms. The summed E-state index contributed by atoms with van der Waals surface area (Å²) in [7, 11) is 1.53. The maximum absolute atomic E-state index is 11.9. The fraction of sp³-hybridized carbons (Fsp3) is 0.818. The third-order valence-corrected chi connectivity index (χ3v) is 3.12. The largest absolute Gasteiger partial charge is 0.480 e. The number of carbonyl (C=O) groups is 2. The van der Waals surface area contributed by atoms with Crippen LogP contribution in [0.1, 0.15) is 27.2 Å². The van der Waals surface area contributed by atoms with E-state index in [-0.39, 0.29) is 17.9 Å². The van der Waals surface area contributed by atoms with Crippen LogP contribution in [-0.4, -0.2) is 47.2 Å². The average Bonchev–Trinajstić information content (AvgIpc) is 2.95. The molecule has 0 spiro atoms. The van der Waals surface area contributed by atoms with Gasteiger partial charge >= 0.3 is 5.97 Å². The van der Waals surface area contributed by atoms with Crippen LogP contribution in [0, 0.1) is 5.92 Å². The number of carbonyl (C=O) groups excluding carboxylic acids is 1. The van der Waals surface area contributed by atoms with E-state index in [9.17, 15) is 9.59 Å². The first-order chi connectivity index (χ1) is 7.32. The van der Waals surface area contributed by atoms with Crippen molar-refractivity contribution in [2.75, 3.05) is 13.7 Å². The number of nitrogens with zero attached hydrogens (tertiary/aromatic N) is 1. The Labute approximate surface area is 95.4 Å². The summed E-state index contributed by atoms with van der Waals surface area (Å²) in [6.07, 6.45) is 0.678. The zero-order valence-electron chi connectivity index (χ0n) is 10.2. The van der Waals surface area contributed by atoms with Gasteiger partial charge in [0.15, 0.2) is 0 Å². The number of likely N-dealkylation sites (N-methyl/N-ethyl adjacent to an activating group) is 1. The van der Waals surface area contributed by atoms with Gasteiger partial charge in [-0.1, -0.05) is 0 Å².